The molecule has 114 valence electrons. The molecule has 1 spiro atoms. The van der Waals surface area contributed by atoms with Crippen molar-refractivity contribution in [2.45, 2.75) is 30.6 Å². The van der Waals surface area contributed by atoms with E-state index in [9.17, 15) is 14.7 Å². The molecule has 21 heavy (non-hydrogen) atoms. The first kappa shape index (κ1) is 13.3. The van der Waals surface area contributed by atoms with E-state index in [0.717, 1.165) is 25.9 Å². The van der Waals surface area contributed by atoms with E-state index in [1.54, 1.807) is 0 Å². The fraction of sp³-hybridized carbons (Fsp3) is 0.733. The van der Waals surface area contributed by atoms with Gasteiger partial charge < -0.3 is 19.6 Å². The summed E-state index contributed by atoms with van der Waals surface area (Å²) in [5, 5.41) is 9.44. The number of piperidine rings is 1. The van der Waals surface area contributed by atoms with Crippen molar-refractivity contribution in [1.82, 2.24) is 9.80 Å². The summed E-state index contributed by atoms with van der Waals surface area (Å²) in [6, 6.07) is 0.221. The fourth-order valence-corrected chi connectivity index (χ4v) is 4.43. The Hall–Kier alpha value is -1.40. The highest BCUT2D eigenvalue weighted by atomic mass is 16.5. The van der Waals surface area contributed by atoms with Gasteiger partial charge >= 0.3 is 5.97 Å². The van der Waals surface area contributed by atoms with Gasteiger partial charge in [-0.1, -0.05) is 12.2 Å². The molecule has 0 aromatic heterocycles. The van der Waals surface area contributed by atoms with Crippen LogP contribution in [-0.2, 0) is 14.3 Å². The fourth-order valence-electron chi connectivity index (χ4n) is 4.43. The summed E-state index contributed by atoms with van der Waals surface area (Å²) in [4.78, 5) is 28.5. The lowest BCUT2D eigenvalue weighted by Crippen LogP contribution is -2.46. The first-order chi connectivity index (χ1) is 10.0. The van der Waals surface area contributed by atoms with Crippen molar-refractivity contribution in [2.75, 3.05) is 26.7 Å². The second kappa shape index (κ2) is 4.30. The standard InChI is InChI=1S/C15H20N2O4/c1-16-6-3-9(4-7-16)17-8-15-5-2-10(21-15)11(14(19)20)12(15)13(17)18/h2,5,9-12H,3-4,6-8H2,1H3,(H,19,20)/t10-,11+,12+,15-/m0/s1. The van der Waals surface area contributed by atoms with Crippen molar-refractivity contribution in [1.29, 1.82) is 0 Å². The van der Waals surface area contributed by atoms with Gasteiger partial charge in [-0.15, -0.1) is 0 Å². The van der Waals surface area contributed by atoms with E-state index < -0.39 is 29.5 Å². The highest BCUT2D eigenvalue weighted by Crippen LogP contribution is 2.52. The van der Waals surface area contributed by atoms with Gasteiger partial charge in [0, 0.05) is 6.04 Å². The van der Waals surface area contributed by atoms with E-state index >= 15 is 0 Å². The Morgan fingerprint density at radius 3 is 2.81 bits per heavy atom. The zero-order valence-corrected chi connectivity index (χ0v) is 12.1. The van der Waals surface area contributed by atoms with Crippen LogP contribution in [0.2, 0.25) is 0 Å². The summed E-state index contributed by atoms with van der Waals surface area (Å²) in [5.41, 5.74) is -0.686. The third kappa shape index (κ3) is 1.72. The Kier molecular flexibility index (Phi) is 2.72. The van der Waals surface area contributed by atoms with Crippen LogP contribution in [0.5, 0.6) is 0 Å². The zero-order valence-electron chi connectivity index (χ0n) is 12.1. The number of amides is 1. The third-order valence-electron chi connectivity index (χ3n) is 5.54. The van der Waals surface area contributed by atoms with E-state index in [1.807, 2.05) is 17.1 Å². The van der Waals surface area contributed by atoms with Gasteiger partial charge in [-0.2, -0.15) is 0 Å². The summed E-state index contributed by atoms with van der Waals surface area (Å²) >= 11 is 0. The van der Waals surface area contributed by atoms with Gasteiger partial charge in [0.25, 0.3) is 0 Å². The van der Waals surface area contributed by atoms with Gasteiger partial charge in [0.1, 0.15) is 11.5 Å². The Balaban J connectivity index is 1.60. The van der Waals surface area contributed by atoms with Gasteiger partial charge in [-0.05, 0) is 33.0 Å². The molecule has 6 nitrogen and oxygen atoms in total. The van der Waals surface area contributed by atoms with Crippen LogP contribution in [0.3, 0.4) is 0 Å². The number of ether oxygens (including phenoxy) is 1. The van der Waals surface area contributed by atoms with E-state index in [2.05, 4.69) is 11.9 Å². The van der Waals surface area contributed by atoms with Crippen molar-refractivity contribution in [3.63, 3.8) is 0 Å². The lowest BCUT2D eigenvalue weighted by atomic mass is 9.77. The number of carboxylic acids is 1. The van der Waals surface area contributed by atoms with Gasteiger partial charge in [0.05, 0.1) is 18.6 Å². The molecule has 0 saturated carbocycles. The van der Waals surface area contributed by atoms with Crippen LogP contribution in [0, 0.1) is 11.8 Å². The molecule has 4 atom stereocenters. The Morgan fingerprint density at radius 2 is 2.14 bits per heavy atom. The molecule has 4 aliphatic heterocycles. The Morgan fingerprint density at radius 1 is 1.43 bits per heavy atom. The van der Waals surface area contributed by atoms with Crippen LogP contribution in [0.25, 0.3) is 0 Å². The molecule has 6 heteroatoms. The van der Waals surface area contributed by atoms with Crippen molar-refractivity contribution in [3.05, 3.63) is 12.2 Å². The lowest BCUT2D eigenvalue weighted by molar-refractivity contribution is -0.148. The second-order valence-electron chi connectivity index (χ2n) is 6.74. The third-order valence-corrected chi connectivity index (χ3v) is 5.54. The number of nitrogens with zero attached hydrogens (tertiary/aromatic N) is 2. The number of aliphatic carboxylic acids is 1. The average molecular weight is 292 g/mol. The molecule has 0 aromatic rings. The molecular formula is C15H20N2O4. The zero-order chi connectivity index (χ0) is 14.8. The number of hydrogen-bond donors (Lipinski definition) is 1. The number of likely N-dealkylation sites (tertiary alicyclic amines) is 2. The highest BCUT2D eigenvalue weighted by molar-refractivity contribution is 5.91. The number of hydrogen-bond acceptors (Lipinski definition) is 4. The Bertz CT molecular complexity index is 526. The maximum Gasteiger partial charge on any atom is 0.310 e. The number of carbonyl (C=O) groups is 2. The minimum absolute atomic E-state index is 0.0243. The second-order valence-corrected chi connectivity index (χ2v) is 6.74. The minimum Gasteiger partial charge on any atom is -0.481 e. The van der Waals surface area contributed by atoms with Crippen molar-refractivity contribution < 1.29 is 19.4 Å². The van der Waals surface area contributed by atoms with E-state index in [-0.39, 0.29) is 11.9 Å². The first-order valence-electron chi connectivity index (χ1n) is 7.61. The predicted molar refractivity (Wildman–Crippen MR) is 73.6 cm³/mol. The van der Waals surface area contributed by atoms with Crippen molar-refractivity contribution >= 4 is 11.9 Å². The number of rotatable bonds is 2. The number of carbonyl (C=O) groups excluding carboxylic acids is 1. The van der Waals surface area contributed by atoms with Gasteiger partial charge in [-0.3, -0.25) is 9.59 Å². The van der Waals surface area contributed by atoms with Gasteiger partial charge in [0.15, 0.2) is 0 Å². The largest absolute Gasteiger partial charge is 0.481 e. The number of fused-ring (bicyclic) bond motifs is 1. The normalized spacial score (nSPS) is 42.8. The molecule has 3 fully saturated rings. The van der Waals surface area contributed by atoms with Crippen molar-refractivity contribution in [2.24, 2.45) is 11.8 Å². The topological polar surface area (TPSA) is 70.1 Å². The SMILES string of the molecule is CN1CCC(N2C[C@]34C=C[C@H](O3)[C@@H](C(=O)O)[C@@H]4C2=O)CC1. The highest BCUT2D eigenvalue weighted by Gasteiger charge is 2.67. The monoisotopic (exact) mass is 292 g/mol. The molecule has 1 amide bonds. The summed E-state index contributed by atoms with van der Waals surface area (Å²) in [5.74, 6) is -2.21. The number of carboxylic acid groups (broad SMARTS) is 1. The molecule has 3 saturated heterocycles. The maximum atomic E-state index is 12.8. The molecule has 2 bridgehead atoms. The van der Waals surface area contributed by atoms with E-state index in [1.165, 1.54) is 0 Å². The predicted octanol–water partition coefficient (Wildman–Crippen LogP) is -0.0528. The smallest absolute Gasteiger partial charge is 0.310 e. The van der Waals surface area contributed by atoms with Crippen LogP contribution in [0.1, 0.15) is 12.8 Å². The molecule has 4 aliphatic rings. The molecule has 0 radical (unpaired) electrons. The molecule has 4 rings (SSSR count). The summed E-state index contributed by atoms with van der Waals surface area (Å²) < 4.78 is 5.91. The van der Waals surface area contributed by atoms with Crippen LogP contribution >= 0.6 is 0 Å². The minimum atomic E-state index is -0.921. The van der Waals surface area contributed by atoms with E-state index in [0.29, 0.717) is 6.54 Å². The first-order valence-corrected chi connectivity index (χ1v) is 7.61. The van der Waals surface area contributed by atoms with Crippen LogP contribution < -0.4 is 0 Å². The van der Waals surface area contributed by atoms with Gasteiger partial charge in [-0.25, -0.2) is 0 Å². The van der Waals surface area contributed by atoms with Gasteiger partial charge in [0.2, 0.25) is 5.91 Å². The quantitative estimate of drug-likeness (QED) is 0.723. The lowest BCUT2D eigenvalue weighted by Gasteiger charge is -2.36. The summed E-state index contributed by atoms with van der Waals surface area (Å²) in [6.07, 6.45) is 5.22. The summed E-state index contributed by atoms with van der Waals surface area (Å²) in [6.45, 7) is 2.48. The van der Waals surface area contributed by atoms with E-state index in [4.69, 9.17) is 4.74 Å². The molecule has 1 N–H and O–H groups in total. The van der Waals surface area contributed by atoms with Crippen LogP contribution in [0.15, 0.2) is 12.2 Å². The molecular weight excluding hydrogens is 272 g/mol. The van der Waals surface area contributed by atoms with Crippen LogP contribution in [-0.4, -0.2) is 71.2 Å². The average Bonchev–Trinajstić information content (AvgIpc) is 3.08. The molecule has 4 heterocycles. The van der Waals surface area contributed by atoms with Crippen LogP contribution in [0.4, 0.5) is 0 Å². The molecule has 0 aromatic carbocycles. The maximum absolute atomic E-state index is 12.8. The Labute approximate surface area is 123 Å². The summed E-state index contributed by atoms with van der Waals surface area (Å²) in [7, 11) is 2.09. The van der Waals surface area contributed by atoms with Crippen molar-refractivity contribution in [3.8, 4) is 0 Å². The molecule has 0 unspecified atom stereocenters. The molecule has 0 aliphatic carbocycles.